The van der Waals surface area contributed by atoms with E-state index in [0.717, 1.165) is 12.5 Å². The Kier molecular flexibility index (Phi) is 4.11. The van der Waals surface area contributed by atoms with Crippen LogP contribution in [0.3, 0.4) is 0 Å². The Balaban J connectivity index is 2.34. The topological polar surface area (TPSA) is 66.6 Å². The van der Waals surface area contributed by atoms with Crippen molar-refractivity contribution in [2.75, 3.05) is 20.1 Å². The molecule has 0 amide bonds. The first kappa shape index (κ1) is 12.5. The Morgan fingerprint density at radius 3 is 2.53 bits per heavy atom. The second-order valence-corrected chi connectivity index (χ2v) is 5.07. The fourth-order valence-electron chi connectivity index (χ4n) is 2.33. The molecule has 0 bridgehead atoms. The van der Waals surface area contributed by atoms with Gasteiger partial charge in [-0.3, -0.25) is 4.79 Å². The quantitative estimate of drug-likeness (QED) is 0.714. The first-order valence-corrected chi connectivity index (χ1v) is 5.62. The molecule has 1 saturated carbocycles. The summed E-state index contributed by atoms with van der Waals surface area (Å²) in [6, 6.07) is 0. The van der Waals surface area contributed by atoms with Crippen LogP contribution in [0, 0.1) is 5.92 Å². The zero-order valence-corrected chi connectivity index (χ0v) is 9.70. The molecule has 88 valence electrons. The lowest BCUT2D eigenvalue weighted by atomic mass is 10.0. The summed E-state index contributed by atoms with van der Waals surface area (Å²) in [4.78, 5) is 12.9. The molecular formula is C11H22N2O2. The lowest BCUT2D eigenvalue weighted by Gasteiger charge is -2.28. The fraction of sp³-hybridized carbons (Fsp3) is 0.909. The molecule has 0 aromatic heterocycles. The predicted octanol–water partition coefficient (Wildman–Crippen LogP) is 0.910. The molecule has 0 spiro atoms. The summed E-state index contributed by atoms with van der Waals surface area (Å²) in [5, 5.41) is 8.90. The summed E-state index contributed by atoms with van der Waals surface area (Å²) in [7, 11) is 1.95. The van der Waals surface area contributed by atoms with Gasteiger partial charge in [-0.25, -0.2) is 0 Å². The van der Waals surface area contributed by atoms with E-state index in [1.807, 2.05) is 11.9 Å². The molecular weight excluding hydrogens is 192 g/mol. The molecule has 15 heavy (non-hydrogen) atoms. The first-order valence-electron chi connectivity index (χ1n) is 5.62. The lowest BCUT2D eigenvalue weighted by Crippen LogP contribution is -2.53. The van der Waals surface area contributed by atoms with Gasteiger partial charge in [0.2, 0.25) is 0 Å². The van der Waals surface area contributed by atoms with Gasteiger partial charge in [0.25, 0.3) is 0 Å². The van der Waals surface area contributed by atoms with Crippen LogP contribution >= 0.6 is 0 Å². The van der Waals surface area contributed by atoms with E-state index in [-0.39, 0.29) is 0 Å². The van der Waals surface area contributed by atoms with E-state index in [1.165, 1.54) is 25.7 Å². The number of nitrogens with zero attached hydrogens (tertiary/aromatic N) is 1. The number of carboxylic acids is 1. The molecule has 0 radical (unpaired) electrons. The van der Waals surface area contributed by atoms with Crippen LogP contribution in [0.5, 0.6) is 0 Å². The zero-order valence-electron chi connectivity index (χ0n) is 9.70. The maximum Gasteiger partial charge on any atom is 0.324 e. The standard InChI is InChI=1S/C11H22N2O2/c1-11(12,10(14)15)8-13(2)7-9-5-3-4-6-9/h9H,3-8,12H2,1-2H3,(H,14,15). The third-order valence-electron chi connectivity index (χ3n) is 3.13. The highest BCUT2D eigenvalue weighted by Gasteiger charge is 2.30. The van der Waals surface area contributed by atoms with Crippen molar-refractivity contribution in [1.82, 2.24) is 4.90 Å². The highest BCUT2D eigenvalue weighted by molar-refractivity contribution is 5.78. The van der Waals surface area contributed by atoms with Crippen LogP contribution in [-0.2, 0) is 4.79 Å². The molecule has 0 aromatic rings. The summed E-state index contributed by atoms with van der Waals surface area (Å²) in [5.74, 6) is -0.194. The number of carbonyl (C=O) groups is 1. The molecule has 0 aliphatic heterocycles. The molecule has 1 fully saturated rings. The van der Waals surface area contributed by atoms with Crippen LogP contribution in [0.1, 0.15) is 32.6 Å². The van der Waals surface area contributed by atoms with Crippen LogP contribution in [0.15, 0.2) is 0 Å². The second kappa shape index (κ2) is 4.94. The van der Waals surface area contributed by atoms with Gasteiger partial charge in [-0.05, 0) is 32.7 Å². The molecule has 1 rings (SSSR count). The molecule has 1 unspecified atom stereocenters. The van der Waals surface area contributed by atoms with Gasteiger partial charge in [-0.1, -0.05) is 12.8 Å². The number of likely N-dealkylation sites (N-methyl/N-ethyl adjacent to an activating group) is 1. The van der Waals surface area contributed by atoms with E-state index in [4.69, 9.17) is 10.8 Å². The predicted molar refractivity (Wildman–Crippen MR) is 59.7 cm³/mol. The van der Waals surface area contributed by atoms with Crippen molar-refractivity contribution in [3.05, 3.63) is 0 Å². The third-order valence-corrected chi connectivity index (χ3v) is 3.13. The maximum atomic E-state index is 10.8. The number of carboxylic acid groups (broad SMARTS) is 1. The SMILES string of the molecule is CN(CC1CCCC1)CC(C)(N)C(=O)O. The van der Waals surface area contributed by atoms with Crippen LogP contribution in [0.2, 0.25) is 0 Å². The van der Waals surface area contributed by atoms with Gasteiger partial charge in [0.1, 0.15) is 5.54 Å². The van der Waals surface area contributed by atoms with Crippen molar-refractivity contribution >= 4 is 5.97 Å². The normalized spacial score (nSPS) is 21.9. The molecule has 1 aliphatic rings. The summed E-state index contributed by atoms with van der Waals surface area (Å²) in [6.07, 6.45) is 5.19. The Hall–Kier alpha value is -0.610. The second-order valence-electron chi connectivity index (χ2n) is 5.07. The lowest BCUT2D eigenvalue weighted by molar-refractivity contribution is -0.143. The van der Waals surface area contributed by atoms with E-state index in [2.05, 4.69) is 0 Å². The molecule has 1 aliphatic carbocycles. The highest BCUT2D eigenvalue weighted by Crippen LogP contribution is 2.25. The summed E-state index contributed by atoms with van der Waals surface area (Å²) >= 11 is 0. The largest absolute Gasteiger partial charge is 0.480 e. The first-order chi connectivity index (χ1) is 6.92. The van der Waals surface area contributed by atoms with Crippen molar-refractivity contribution in [3.63, 3.8) is 0 Å². The van der Waals surface area contributed by atoms with Crippen LogP contribution in [0.4, 0.5) is 0 Å². The summed E-state index contributed by atoms with van der Waals surface area (Å²) < 4.78 is 0. The molecule has 3 N–H and O–H groups in total. The Bertz CT molecular complexity index is 223. The van der Waals surface area contributed by atoms with Gasteiger partial charge in [-0.2, -0.15) is 0 Å². The van der Waals surface area contributed by atoms with E-state index in [1.54, 1.807) is 6.92 Å². The van der Waals surface area contributed by atoms with Crippen molar-refractivity contribution in [1.29, 1.82) is 0 Å². The van der Waals surface area contributed by atoms with Gasteiger partial charge in [0.05, 0.1) is 0 Å². The maximum absolute atomic E-state index is 10.8. The van der Waals surface area contributed by atoms with Gasteiger partial charge < -0.3 is 15.7 Å². The van der Waals surface area contributed by atoms with Crippen molar-refractivity contribution in [2.24, 2.45) is 11.7 Å². The third kappa shape index (κ3) is 3.80. The minimum Gasteiger partial charge on any atom is -0.480 e. The van der Waals surface area contributed by atoms with Crippen molar-refractivity contribution in [3.8, 4) is 0 Å². The molecule has 0 heterocycles. The van der Waals surface area contributed by atoms with Crippen molar-refractivity contribution < 1.29 is 9.90 Å². The van der Waals surface area contributed by atoms with E-state index in [9.17, 15) is 4.79 Å². The number of rotatable bonds is 5. The molecule has 4 heteroatoms. The van der Waals surface area contributed by atoms with Gasteiger partial charge in [0, 0.05) is 13.1 Å². The Labute approximate surface area is 91.4 Å². The number of nitrogens with two attached hydrogens (primary N) is 1. The minimum atomic E-state index is -1.13. The Morgan fingerprint density at radius 2 is 2.07 bits per heavy atom. The number of hydrogen-bond acceptors (Lipinski definition) is 3. The van der Waals surface area contributed by atoms with E-state index >= 15 is 0 Å². The van der Waals surface area contributed by atoms with Gasteiger partial charge >= 0.3 is 5.97 Å². The summed E-state index contributed by atoms with van der Waals surface area (Å²) in [6.45, 7) is 2.96. The van der Waals surface area contributed by atoms with Crippen LogP contribution < -0.4 is 5.73 Å². The average molecular weight is 214 g/mol. The number of hydrogen-bond donors (Lipinski definition) is 2. The number of aliphatic carboxylic acids is 1. The van der Waals surface area contributed by atoms with Crippen LogP contribution in [0.25, 0.3) is 0 Å². The Morgan fingerprint density at radius 1 is 1.53 bits per heavy atom. The molecule has 0 aromatic carbocycles. The molecule has 0 saturated heterocycles. The summed E-state index contributed by atoms with van der Waals surface area (Å²) in [5.41, 5.74) is 4.56. The van der Waals surface area contributed by atoms with E-state index in [0.29, 0.717) is 6.54 Å². The fourth-order valence-corrected chi connectivity index (χ4v) is 2.33. The molecule has 4 nitrogen and oxygen atoms in total. The van der Waals surface area contributed by atoms with Crippen molar-refractivity contribution in [2.45, 2.75) is 38.1 Å². The average Bonchev–Trinajstić information content (AvgIpc) is 2.54. The van der Waals surface area contributed by atoms with Gasteiger partial charge in [-0.15, -0.1) is 0 Å². The minimum absolute atomic E-state index is 0.416. The van der Waals surface area contributed by atoms with Crippen LogP contribution in [-0.4, -0.2) is 41.7 Å². The zero-order chi connectivity index (χ0) is 11.5. The highest BCUT2D eigenvalue weighted by atomic mass is 16.4. The smallest absolute Gasteiger partial charge is 0.324 e. The van der Waals surface area contributed by atoms with Gasteiger partial charge in [0.15, 0.2) is 0 Å². The monoisotopic (exact) mass is 214 g/mol. The molecule has 1 atom stereocenters. The van der Waals surface area contributed by atoms with E-state index < -0.39 is 11.5 Å².